The van der Waals surface area contributed by atoms with Gasteiger partial charge < -0.3 is 15.2 Å². The standard InChI is InChI=1S/C16H21NO4/c1-12(2)11-21-14-7-5-6-13(10-14)17-15(18)8-3-4-9-16(19)20/h5-7,10H,1,3-4,8-9,11H2,2H3,(H,17,18)(H,19,20). The van der Waals surface area contributed by atoms with Gasteiger partial charge in [-0.25, -0.2) is 0 Å². The van der Waals surface area contributed by atoms with Gasteiger partial charge in [0.2, 0.25) is 5.91 Å². The second-order valence-corrected chi connectivity index (χ2v) is 4.92. The van der Waals surface area contributed by atoms with Crippen molar-refractivity contribution in [2.45, 2.75) is 32.6 Å². The third kappa shape index (κ3) is 7.77. The third-order valence-corrected chi connectivity index (χ3v) is 2.65. The second-order valence-electron chi connectivity index (χ2n) is 4.92. The van der Waals surface area contributed by atoms with Gasteiger partial charge in [-0.15, -0.1) is 0 Å². The molecule has 1 aromatic carbocycles. The number of unbranched alkanes of at least 4 members (excludes halogenated alkanes) is 1. The van der Waals surface area contributed by atoms with Crippen molar-refractivity contribution < 1.29 is 19.4 Å². The number of rotatable bonds is 9. The molecule has 0 saturated heterocycles. The Hall–Kier alpha value is -2.30. The summed E-state index contributed by atoms with van der Waals surface area (Å²) in [6.07, 6.45) is 1.47. The van der Waals surface area contributed by atoms with Crippen molar-refractivity contribution in [1.29, 1.82) is 0 Å². The topological polar surface area (TPSA) is 75.6 Å². The van der Waals surface area contributed by atoms with Gasteiger partial charge in [0.1, 0.15) is 12.4 Å². The van der Waals surface area contributed by atoms with Crippen LogP contribution in [0.5, 0.6) is 5.75 Å². The number of benzene rings is 1. The van der Waals surface area contributed by atoms with E-state index in [4.69, 9.17) is 9.84 Å². The first kappa shape index (κ1) is 16.8. The molecule has 0 fully saturated rings. The molecule has 2 N–H and O–H groups in total. The molecule has 1 amide bonds. The van der Waals surface area contributed by atoms with Gasteiger partial charge in [-0.1, -0.05) is 12.6 Å². The van der Waals surface area contributed by atoms with Crippen molar-refractivity contribution in [3.05, 3.63) is 36.4 Å². The number of hydrogen-bond donors (Lipinski definition) is 2. The molecule has 0 spiro atoms. The molecule has 5 nitrogen and oxygen atoms in total. The van der Waals surface area contributed by atoms with E-state index in [2.05, 4.69) is 11.9 Å². The number of ether oxygens (including phenoxy) is 1. The zero-order valence-corrected chi connectivity index (χ0v) is 12.2. The first-order chi connectivity index (χ1) is 9.97. The number of anilines is 1. The average Bonchev–Trinajstić information content (AvgIpc) is 2.41. The van der Waals surface area contributed by atoms with Crippen molar-refractivity contribution in [3.63, 3.8) is 0 Å². The van der Waals surface area contributed by atoms with Gasteiger partial charge in [-0.2, -0.15) is 0 Å². The predicted octanol–water partition coefficient (Wildman–Crippen LogP) is 3.23. The van der Waals surface area contributed by atoms with Crippen molar-refractivity contribution in [3.8, 4) is 5.75 Å². The molecule has 0 atom stereocenters. The Kier molecular flexibility index (Phi) is 7.01. The minimum absolute atomic E-state index is 0.0948. The number of carbonyl (C=O) groups is 2. The Balaban J connectivity index is 2.39. The highest BCUT2D eigenvalue weighted by atomic mass is 16.5. The van der Waals surface area contributed by atoms with Gasteiger partial charge >= 0.3 is 5.97 Å². The van der Waals surface area contributed by atoms with E-state index >= 15 is 0 Å². The molecule has 0 aliphatic rings. The number of carboxylic acid groups (broad SMARTS) is 1. The van der Waals surface area contributed by atoms with Crippen LogP contribution in [-0.2, 0) is 9.59 Å². The summed E-state index contributed by atoms with van der Waals surface area (Å²) in [4.78, 5) is 22.1. The highest BCUT2D eigenvalue weighted by Gasteiger charge is 2.04. The van der Waals surface area contributed by atoms with Crippen molar-refractivity contribution in [2.24, 2.45) is 0 Å². The lowest BCUT2D eigenvalue weighted by Crippen LogP contribution is -2.11. The first-order valence-electron chi connectivity index (χ1n) is 6.86. The van der Waals surface area contributed by atoms with Gasteiger partial charge in [0.05, 0.1) is 0 Å². The first-order valence-corrected chi connectivity index (χ1v) is 6.86. The van der Waals surface area contributed by atoms with Crippen molar-refractivity contribution in [2.75, 3.05) is 11.9 Å². The Morgan fingerprint density at radius 1 is 1.29 bits per heavy atom. The Bertz CT molecular complexity index is 511. The molecule has 0 saturated carbocycles. The number of hydrogen-bond acceptors (Lipinski definition) is 3. The Labute approximate surface area is 124 Å². The third-order valence-electron chi connectivity index (χ3n) is 2.65. The number of nitrogens with one attached hydrogen (secondary N) is 1. The summed E-state index contributed by atoms with van der Waals surface area (Å²) in [6, 6.07) is 7.14. The van der Waals surface area contributed by atoms with Crippen LogP contribution in [0.3, 0.4) is 0 Å². The lowest BCUT2D eigenvalue weighted by atomic mass is 10.2. The van der Waals surface area contributed by atoms with Crippen LogP contribution in [0, 0.1) is 0 Å². The number of carbonyl (C=O) groups excluding carboxylic acids is 1. The maximum absolute atomic E-state index is 11.7. The van der Waals surface area contributed by atoms with Crippen LogP contribution in [0.4, 0.5) is 5.69 Å². The molecule has 114 valence electrons. The van der Waals surface area contributed by atoms with E-state index in [1.807, 2.05) is 13.0 Å². The minimum atomic E-state index is -0.835. The maximum atomic E-state index is 11.7. The Morgan fingerprint density at radius 3 is 2.67 bits per heavy atom. The maximum Gasteiger partial charge on any atom is 0.303 e. The fourth-order valence-electron chi connectivity index (χ4n) is 1.66. The monoisotopic (exact) mass is 291 g/mol. The SMILES string of the molecule is C=C(C)COc1cccc(NC(=O)CCCCC(=O)O)c1. The normalized spacial score (nSPS) is 9.95. The molecule has 0 aliphatic heterocycles. The second kappa shape index (κ2) is 8.79. The van der Waals surface area contributed by atoms with Crippen LogP contribution in [0.15, 0.2) is 36.4 Å². The molecule has 1 rings (SSSR count). The van der Waals surface area contributed by atoms with Crippen LogP contribution < -0.4 is 10.1 Å². The van der Waals surface area contributed by atoms with Crippen LogP contribution in [0.2, 0.25) is 0 Å². The molecule has 21 heavy (non-hydrogen) atoms. The molecule has 0 unspecified atom stereocenters. The average molecular weight is 291 g/mol. The lowest BCUT2D eigenvalue weighted by molar-refractivity contribution is -0.137. The summed E-state index contributed by atoms with van der Waals surface area (Å²) in [7, 11) is 0. The van der Waals surface area contributed by atoms with Crippen LogP contribution in [-0.4, -0.2) is 23.6 Å². The summed E-state index contributed by atoms with van der Waals surface area (Å²) in [5.41, 5.74) is 1.58. The summed E-state index contributed by atoms with van der Waals surface area (Å²) < 4.78 is 5.50. The van der Waals surface area contributed by atoms with Crippen LogP contribution in [0.25, 0.3) is 0 Å². The smallest absolute Gasteiger partial charge is 0.303 e. The fourth-order valence-corrected chi connectivity index (χ4v) is 1.66. The van der Waals surface area contributed by atoms with Gasteiger partial charge in [-0.05, 0) is 37.5 Å². The van der Waals surface area contributed by atoms with E-state index in [0.29, 0.717) is 37.3 Å². The number of amides is 1. The van der Waals surface area contributed by atoms with Crippen molar-refractivity contribution in [1.82, 2.24) is 0 Å². The van der Waals surface area contributed by atoms with Crippen LogP contribution >= 0.6 is 0 Å². The molecular weight excluding hydrogens is 270 g/mol. The lowest BCUT2D eigenvalue weighted by Gasteiger charge is -2.09. The molecule has 0 aromatic heterocycles. The van der Waals surface area contributed by atoms with Crippen molar-refractivity contribution >= 4 is 17.6 Å². The number of aliphatic carboxylic acids is 1. The predicted molar refractivity (Wildman–Crippen MR) is 81.5 cm³/mol. The summed E-state index contributed by atoms with van der Waals surface area (Å²) in [6.45, 7) is 6.07. The van der Waals surface area contributed by atoms with Gasteiger partial charge in [0, 0.05) is 24.6 Å². The Morgan fingerprint density at radius 2 is 2.00 bits per heavy atom. The zero-order chi connectivity index (χ0) is 15.7. The minimum Gasteiger partial charge on any atom is -0.489 e. The van der Waals surface area contributed by atoms with E-state index in [0.717, 1.165) is 5.57 Å². The molecular formula is C16H21NO4. The number of carboxylic acids is 1. The largest absolute Gasteiger partial charge is 0.489 e. The van der Waals surface area contributed by atoms with E-state index in [1.54, 1.807) is 18.2 Å². The summed E-state index contributed by atoms with van der Waals surface area (Å²) in [5, 5.41) is 11.3. The summed E-state index contributed by atoms with van der Waals surface area (Å²) in [5.74, 6) is -0.295. The molecule has 0 radical (unpaired) electrons. The highest BCUT2D eigenvalue weighted by molar-refractivity contribution is 5.90. The molecule has 0 aliphatic carbocycles. The van der Waals surface area contributed by atoms with E-state index in [-0.39, 0.29) is 12.3 Å². The van der Waals surface area contributed by atoms with Gasteiger partial charge in [-0.3, -0.25) is 9.59 Å². The van der Waals surface area contributed by atoms with Crippen LogP contribution in [0.1, 0.15) is 32.6 Å². The van der Waals surface area contributed by atoms with Gasteiger partial charge in [0.25, 0.3) is 0 Å². The molecule has 5 heteroatoms. The van der Waals surface area contributed by atoms with E-state index in [9.17, 15) is 9.59 Å². The molecule has 0 bridgehead atoms. The van der Waals surface area contributed by atoms with E-state index in [1.165, 1.54) is 0 Å². The highest BCUT2D eigenvalue weighted by Crippen LogP contribution is 2.18. The zero-order valence-electron chi connectivity index (χ0n) is 12.2. The molecule has 1 aromatic rings. The fraction of sp³-hybridized carbons (Fsp3) is 0.375. The molecule has 0 heterocycles. The van der Waals surface area contributed by atoms with Gasteiger partial charge in [0.15, 0.2) is 0 Å². The van der Waals surface area contributed by atoms with E-state index < -0.39 is 5.97 Å². The summed E-state index contributed by atoms with van der Waals surface area (Å²) >= 11 is 0. The quantitative estimate of drug-likeness (QED) is 0.541.